The molecule has 0 aliphatic rings. The first-order chi connectivity index (χ1) is 9.28. The molecular formula is C14H18N2O2S. The van der Waals surface area contributed by atoms with E-state index in [0.717, 1.165) is 28.7 Å². The summed E-state index contributed by atoms with van der Waals surface area (Å²) in [4.78, 5) is 4.41. The van der Waals surface area contributed by atoms with E-state index >= 15 is 0 Å². The molecule has 102 valence electrons. The van der Waals surface area contributed by atoms with E-state index < -0.39 is 0 Å². The third-order valence-electron chi connectivity index (χ3n) is 2.55. The summed E-state index contributed by atoms with van der Waals surface area (Å²) in [5, 5.41) is 6.50. The number of rotatable bonds is 7. The Morgan fingerprint density at radius 2 is 2.00 bits per heavy atom. The van der Waals surface area contributed by atoms with E-state index in [0.29, 0.717) is 13.2 Å². The monoisotopic (exact) mass is 278 g/mol. The van der Waals surface area contributed by atoms with Crippen LogP contribution < -0.4 is 10.1 Å². The molecule has 0 atom stereocenters. The number of nitrogens with one attached hydrogen (secondary N) is 1. The molecule has 1 N–H and O–H groups in total. The molecule has 2 rings (SSSR count). The van der Waals surface area contributed by atoms with Gasteiger partial charge in [-0.15, -0.1) is 11.3 Å². The topological polar surface area (TPSA) is 43.4 Å². The first-order valence-corrected chi connectivity index (χ1v) is 7.02. The summed E-state index contributed by atoms with van der Waals surface area (Å²) >= 11 is 1.67. The van der Waals surface area contributed by atoms with Crippen LogP contribution in [-0.2, 0) is 11.3 Å². The zero-order valence-electron chi connectivity index (χ0n) is 11.2. The molecule has 0 bridgehead atoms. The zero-order chi connectivity index (χ0) is 13.5. The van der Waals surface area contributed by atoms with Gasteiger partial charge in [0.15, 0.2) is 0 Å². The van der Waals surface area contributed by atoms with E-state index in [-0.39, 0.29) is 0 Å². The lowest BCUT2D eigenvalue weighted by Gasteiger charge is -2.07. The van der Waals surface area contributed by atoms with Gasteiger partial charge in [0.2, 0.25) is 0 Å². The average Bonchev–Trinajstić information content (AvgIpc) is 2.84. The molecule has 1 heterocycles. The second kappa shape index (κ2) is 7.11. The van der Waals surface area contributed by atoms with Crippen LogP contribution in [0.1, 0.15) is 10.7 Å². The van der Waals surface area contributed by atoms with Crippen LogP contribution in [0, 0.1) is 6.92 Å². The molecule has 4 nitrogen and oxygen atoms in total. The Hall–Kier alpha value is -1.59. The second-order valence-corrected chi connectivity index (χ2v) is 5.14. The fourth-order valence-electron chi connectivity index (χ4n) is 1.59. The Kier molecular flexibility index (Phi) is 5.18. The largest absolute Gasteiger partial charge is 0.491 e. The molecule has 0 saturated carbocycles. The number of anilines is 1. The lowest BCUT2D eigenvalue weighted by molar-refractivity contribution is 0.146. The van der Waals surface area contributed by atoms with Crippen molar-refractivity contribution < 1.29 is 9.47 Å². The molecule has 1 aromatic carbocycles. The predicted octanol–water partition coefficient (Wildman–Crippen LogP) is 3.09. The highest BCUT2D eigenvalue weighted by molar-refractivity contribution is 7.09. The summed E-state index contributed by atoms with van der Waals surface area (Å²) < 4.78 is 10.4. The predicted molar refractivity (Wildman–Crippen MR) is 78.0 cm³/mol. The van der Waals surface area contributed by atoms with Gasteiger partial charge in [0.1, 0.15) is 12.4 Å². The minimum Gasteiger partial charge on any atom is -0.491 e. The number of benzene rings is 1. The van der Waals surface area contributed by atoms with Crippen molar-refractivity contribution in [2.45, 2.75) is 13.5 Å². The Balaban J connectivity index is 1.81. The summed E-state index contributed by atoms with van der Waals surface area (Å²) in [6.45, 7) is 3.93. The normalized spacial score (nSPS) is 10.4. The molecule has 19 heavy (non-hydrogen) atoms. The van der Waals surface area contributed by atoms with Gasteiger partial charge in [-0.2, -0.15) is 0 Å². The van der Waals surface area contributed by atoms with Gasteiger partial charge < -0.3 is 14.8 Å². The van der Waals surface area contributed by atoms with Gasteiger partial charge in [0, 0.05) is 18.2 Å². The third-order valence-corrected chi connectivity index (χ3v) is 3.37. The van der Waals surface area contributed by atoms with Crippen LogP contribution in [-0.4, -0.2) is 25.3 Å². The van der Waals surface area contributed by atoms with Gasteiger partial charge in [-0.05, 0) is 31.2 Å². The maximum atomic E-state index is 5.50. The molecule has 0 amide bonds. The standard InChI is InChI=1S/C14H18N2O2S/c1-11-16-13(10-19-11)9-15-12-3-5-14(6-4-12)18-8-7-17-2/h3-6,10,15H,7-9H2,1-2H3. The fraction of sp³-hybridized carbons (Fsp3) is 0.357. The van der Waals surface area contributed by atoms with Crippen LogP contribution in [0.15, 0.2) is 29.6 Å². The van der Waals surface area contributed by atoms with Gasteiger partial charge in [0.05, 0.1) is 23.9 Å². The molecule has 0 fully saturated rings. The number of methoxy groups -OCH3 is 1. The first kappa shape index (κ1) is 13.8. The van der Waals surface area contributed by atoms with E-state index in [2.05, 4.69) is 15.7 Å². The number of ether oxygens (including phenoxy) is 2. The van der Waals surface area contributed by atoms with Crippen molar-refractivity contribution in [1.29, 1.82) is 0 Å². The molecule has 5 heteroatoms. The second-order valence-electron chi connectivity index (χ2n) is 4.08. The van der Waals surface area contributed by atoms with Crippen LogP contribution in [0.5, 0.6) is 5.75 Å². The van der Waals surface area contributed by atoms with Gasteiger partial charge in [-0.25, -0.2) is 4.98 Å². The van der Waals surface area contributed by atoms with Crippen molar-refractivity contribution in [2.75, 3.05) is 25.6 Å². The molecule has 0 saturated heterocycles. The average molecular weight is 278 g/mol. The molecular weight excluding hydrogens is 260 g/mol. The molecule has 0 aliphatic heterocycles. The maximum absolute atomic E-state index is 5.50. The third kappa shape index (κ3) is 4.54. The summed E-state index contributed by atoms with van der Waals surface area (Å²) in [6.07, 6.45) is 0. The number of nitrogens with zero attached hydrogens (tertiary/aromatic N) is 1. The molecule has 0 spiro atoms. The SMILES string of the molecule is COCCOc1ccc(NCc2csc(C)n2)cc1. The van der Waals surface area contributed by atoms with Gasteiger partial charge in [0.25, 0.3) is 0 Å². The van der Waals surface area contributed by atoms with Crippen molar-refractivity contribution >= 4 is 17.0 Å². The fourth-order valence-corrected chi connectivity index (χ4v) is 2.21. The summed E-state index contributed by atoms with van der Waals surface area (Å²) in [5.74, 6) is 0.854. The smallest absolute Gasteiger partial charge is 0.119 e. The van der Waals surface area contributed by atoms with Crippen molar-refractivity contribution in [3.8, 4) is 5.75 Å². The van der Waals surface area contributed by atoms with Crippen LogP contribution in [0.25, 0.3) is 0 Å². The summed E-state index contributed by atoms with van der Waals surface area (Å²) in [5.41, 5.74) is 2.13. The van der Waals surface area contributed by atoms with Crippen LogP contribution in [0.4, 0.5) is 5.69 Å². The highest BCUT2D eigenvalue weighted by atomic mass is 32.1. The summed E-state index contributed by atoms with van der Waals surface area (Å²) in [6, 6.07) is 7.90. The van der Waals surface area contributed by atoms with Gasteiger partial charge in [-0.3, -0.25) is 0 Å². The number of hydrogen-bond donors (Lipinski definition) is 1. The van der Waals surface area contributed by atoms with Gasteiger partial charge in [-0.1, -0.05) is 0 Å². The maximum Gasteiger partial charge on any atom is 0.119 e. The van der Waals surface area contributed by atoms with Crippen molar-refractivity contribution in [2.24, 2.45) is 0 Å². The van der Waals surface area contributed by atoms with E-state index in [1.54, 1.807) is 18.4 Å². The van der Waals surface area contributed by atoms with E-state index in [1.807, 2.05) is 31.2 Å². The van der Waals surface area contributed by atoms with E-state index in [1.165, 1.54) is 0 Å². The number of thiazole rings is 1. The Morgan fingerprint density at radius 3 is 2.63 bits per heavy atom. The number of aromatic nitrogens is 1. The Bertz CT molecular complexity index is 496. The number of aryl methyl sites for hydroxylation is 1. The summed E-state index contributed by atoms with van der Waals surface area (Å²) in [7, 11) is 1.66. The molecule has 1 aromatic heterocycles. The van der Waals surface area contributed by atoms with E-state index in [4.69, 9.17) is 9.47 Å². The van der Waals surface area contributed by atoms with Crippen molar-refractivity contribution in [1.82, 2.24) is 4.98 Å². The molecule has 2 aromatic rings. The van der Waals surface area contributed by atoms with Crippen molar-refractivity contribution in [3.05, 3.63) is 40.3 Å². The highest BCUT2D eigenvalue weighted by Crippen LogP contribution is 2.17. The lowest BCUT2D eigenvalue weighted by Crippen LogP contribution is -2.04. The lowest BCUT2D eigenvalue weighted by atomic mass is 10.3. The van der Waals surface area contributed by atoms with Crippen LogP contribution >= 0.6 is 11.3 Å². The van der Waals surface area contributed by atoms with Crippen molar-refractivity contribution in [3.63, 3.8) is 0 Å². The first-order valence-electron chi connectivity index (χ1n) is 6.14. The zero-order valence-corrected chi connectivity index (χ0v) is 12.0. The minimum absolute atomic E-state index is 0.571. The molecule has 0 radical (unpaired) electrons. The minimum atomic E-state index is 0.571. The molecule has 0 aliphatic carbocycles. The van der Waals surface area contributed by atoms with Gasteiger partial charge >= 0.3 is 0 Å². The Morgan fingerprint density at radius 1 is 1.21 bits per heavy atom. The van der Waals surface area contributed by atoms with Crippen LogP contribution in [0.2, 0.25) is 0 Å². The highest BCUT2D eigenvalue weighted by Gasteiger charge is 1.99. The number of hydrogen-bond acceptors (Lipinski definition) is 5. The van der Waals surface area contributed by atoms with E-state index in [9.17, 15) is 0 Å². The van der Waals surface area contributed by atoms with Crippen LogP contribution in [0.3, 0.4) is 0 Å². The quantitative estimate of drug-likeness (QED) is 0.790. The molecule has 0 unspecified atom stereocenters. The Labute approximate surface area is 117 Å².